The maximum atomic E-state index is 13.5. The Morgan fingerprint density at radius 1 is 0.771 bits per heavy atom. The fourth-order valence-corrected chi connectivity index (χ4v) is 4.30. The second-order valence-corrected chi connectivity index (χ2v) is 8.34. The lowest BCUT2D eigenvalue weighted by atomic mass is 10.0. The van der Waals surface area contributed by atoms with Crippen LogP contribution in [0.25, 0.3) is 6.08 Å². The average Bonchev–Trinajstić information content (AvgIpc) is 2.85. The van der Waals surface area contributed by atoms with Crippen LogP contribution in [0.5, 0.6) is 11.5 Å². The van der Waals surface area contributed by atoms with Gasteiger partial charge in [-0.1, -0.05) is 36.4 Å². The quantitative estimate of drug-likeness (QED) is 0.281. The standard InChI is InChI=1S/C27H23BrN2O5/c1-3-34-23-17-18(16-22(28)24(23)35-4-2)15-21-25(31)29(19-11-7-5-8-12-19)27(33)30(26(21)32)20-13-9-6-10-14-20/h5-17H,3-4H2,1-2H3. The van der Waals surface area contributed by atoms with Crippen molar-refractivity contribution in [1.82, 2.24) is 0 Å². The first kappa shape index (κ1) is 24.2. The number of halogens is 1. The van der Waals surface area contributed by atoms with Crippen LogP contribution >= 0.6 is 15.9 Å². The molecule has 4 amide bonds. The molecule has 0 aromatic heterocycles. The Morgan fingerprint density at radius 3 is 1.77 bits per heavy atom. The van der Waals surface area contributed by atoms with Gasteiger partial charge in [0.15, 0.2) is 11.5 Å². The fourth-order valence-electron chi connectivity index (χ4n) is 3.72. The van der Waals surface area contributed by atoms with E-state index >= 15 is 0 Å². The molecule has 0 spiro atoms. The molecule has 0 radical (unpaired) electrons. The highest BCUT2D eigenvalue weighted by Crippen LogP contribution is 2.38. The number of para-hydroxylation sites is 2. The molecule has 8 heteroatoms. The summed E-state index contributed by atoms with van der Waals surface area (Å²) in [7, 11) is 0. The zero-order valence-electron chi connectivity index (χ0n) is 19.2. The number of anilines is 2. The average molecular weight is 535 g/mol. The molecular weight excluding hydrogens is 512 g/mol. The van der Waals surface area contributed by atoms with Crippen LogP contribution in [0, 0.1) is 0 Å². The van der Waals surface area contributed by atoms with E-state index in [-0.39, 0.29) is 5.57 Å². The van der Waals surface area contributed by atoms with E-state index in [4.69, 9.17) is 9.47 Å². The molecule has 1 aliphatic heterocycles. The van der Waals surface area contributed by atoms with E-state index in [0.717, 1.165) is 9.80 Å². The maximum Gasteiger partial charge on any atom is 0.343 e. The molecule has 0 saturated carbocycles. The molecule has 178 valence electrons. The number of rotatable bonds is 7. The summed E-state index contributed by atoms with van der Waals surface area (Å²) in [5.74, 6) is -0.408. The molecule has 0 unspecified atom stereocenters. The van der Waals surface area contributed by atoms with Crippen LogP contribution in [0.15, 0.2) is 82.8 Å². The predicted molar refractivity (Wildman–Crippen MR) is 138 cm³/mol. The van der Waals surface area contributed by atoms with Gasteiger partial charge in [0.25, 0.3) is 11.8 Å². The Kier molecular flexibility index (Phi) is 7.31. The Balaban J connectivity index is 1.86. The second-order valence-electron chi connectivity index (χ2n) is 7.49. The van der Waals surface area contributed by atoms with Gasteiger partial charge in [0.2, 0.25) is 0 Å². The van der Waals surface area contributed by atoms with Crippen molar-refractivity contribution in [2.45, 2.75) is 13.8 Å². The van der Waals surface area contributed by atoms with E-state index in [0.29, 0.717) is 46.1 Å². The molecule has 1 fully saturated rings. The SMILES string of the molecule is CCOc1cc(C=C2C(=O)N(c3ccccc3)C(=O)N(c3ccccc3)C2=O)cc(Br)c1OCC. The highest BCUT2D eigenvalue weighted by Gasteiger charge is 2.43. The van der Waals surface area contributed by atoms with Crippen molar-refractivity contribution >= 4 is 51.2 Å². The lowest BCUT2D eigenvalue weighted by Gasteiger charge is -2.34. The van der Waals surface area contributed by atoms with Gasteiger partial charge in [-0.25, -0.2) is 14.6 Å². The fraction of sp³-hybridized carbons (Fsp3) is 0.148. The van der Waals surface area contributed by atoms with Crippen LogP contribution in [0.2, 0.25) is 0 Å². The minimum Gasteiger partial charge on any atom is -0.490 e. The molecule has 3 aromatic carbocycles. The zero-order valence-corrected chi connectivity index (χ0v) is 20.8. The number of hydrogen-bond donors (Lipinski definition) is 0. The third kappa shape index (κ3) is 4.83. The van der Waals surface area contributed by atoms with E-state index in [2.05, 4.69) is 15.9 Å². The molecule has 1 heterocycles. The summed E-state index contributed by atoms with van der Waals surface area (Å²) in [5, 5.41) is 0. The summed E-state index contributed by atoms with van der Waals surface area (Å²) >= 11 is 3.49. The number of hydrogen-bond acceptors (Lipinski definition) is 5. The molecule has 4 rings (SSSR count). The van der Waals surface area contributed by atoms with E-state index in [1.165, 1.54) is 6.08 Å². The monoisotopic (exact) mass is 534 g/mol. The van der Waals surface area contributed by atoms with Gasteiger partial charge < -0.3 is 9.47 Å². The number of amides is 4. The summed E-state index contributed by atoms with van der Waals surface area (Å²) in [4.78, 5) is 42.4. The van der Waals surface area contributed by atoms with Crippen molar-refractivity contribution in [3.63, 3.8) is 0 Å². The van der Waals surface area contributed by atoms with Gasteiger partial charge in [0.1, 0.15) is 5.57 Å². The third-order valence-electron chi connectivity index (χ3n) is 5.21. The summed E-state index contributed by atoms with van der Waals surface area (Å²) < 4.78 is 12.0. The number of benzene rings is 3. The predicted octanol–water partition coefficient (Wildman–Crippen LogP) is 5.83. The number of ether oxygens (including phenoxy) is 2. The van der Waals surface area contributed by atoms with Gasteiger partial charge in [0.05, 0.1) is 29.1 Å². The minimum atomic E-state index is -0.738. The molecule has 0 bridgehead atoms. The first-order chi connectivity index (χ1) is 17.0. The highest BCUT2D eigenvalue weighted by atomic mass is 79.9. The molecule has 0 aliphatic carbocycles. The molecule has 0 atom stereocenters. The molecule has 3 aromatic rings. The summed E-state index contributed by atoms with van der Waals surface area (Å²) in [6.07, 6.45) is 1.46. The number of carbonyl (C=O) groups excluding carboxylic acids is 3. The van der Waals surface area contributed by atoms with Gasteiger partial charge in [-0.2, -0.15) is 0 Å². The van der Waals surface area contributed by atoms with Crippen LogP contribution in [0.3, 0.4) is 0 Å². The zero-order chi connectivity index (χ0) is 24.9. The lowest BCUT2D eigenvalue weighted by Crippen LogP contribution is -2.57. The number of carbonyl (C=O) groups is 3. The maximum absolute atomic E-state index is 13.5. The topological polar surface area (TPSA) is 76.2 Å². The van der Waals surface area contributed by atoms with Crippen molar-refractivity contribution in [1.29, 1.82) is 0 Å². The molecule has 1 aliphatic rings. The van der Waals surface area contributed by atoms with Crippen molar-refractivity contribution in [2.24, 2.45) is 0 Å². The number of urea groups is 1. The number of barbiturate groups is 1. The Hall–Kier alpha value is -3.91. The molecular formula is C27H23BrN2O5. The minimum absolute atomic E-state index is 0.157. The smallest absolute Gasteiger partial charge is 0.343 e. The van der Waals surface area contributed by atoms with Gasteiger partial charge in [-0.15, -0.1) is 0 Å². The summed E-state index contributed by atoms with van der Waals surface area (Å²) in [6, 6.07) is 19.7. The van der Waals surface area contributed by atoms with Crippen molar-refractivity contribution in [3.8, 4) is 11.5 Å². The Bertz CT molecular complexity index is 1230. The second kappa shape index (κ2) is 10.6. The molecule has 7 nitrogen and oxygen atoms in total. The van der Waals surface area contributed by atoms with Crippen molar-refractivity contribution in [2.75, 3.05) is 23.0 Å². The van der Waals surface area contributed by atoms with E-state index in [9.17, 15) is 14.4 Å². The van der Waals surface area contributed by atoms with Gasteiger partial charge in [0, 0.05) is 0 Å². The molecule has 35 heavy (non-hydrogen) atoms. The highest BCUT2D eigenvalue weighted by molar-refractivity contribution is 9.10. The van der Waals surface area contributed by atoms with Crippen LogP contribution in [0.4, 0.5) is 16.2 Å². The third-order valence-corrected chi connectivity index (χ3v) is 5.80. The first-order valence-electron chi connectivity index (χ1n) is 11.1. The molecule has 1 saturated heterocycles. The summed E-state index contributed by atoms with van der Waals surface area (Å²) in [6.45, 7) is 4.56. The molecule has 0 N–H and O–H groups in total. The Labute approximate surface area is 211 Å². The van der Waals surface area contributed by atoms with Gasteiger partial charge >= 0.3 is 6.03 Å². The van der Waals surface area contributed by atoms with Crippen LogP contribution in [-0.2, 0) is 9.59 Å². The van der Waals surface area contributed by atoms with Crippen LogP contribution < -0.4 is 19.3 Å². The van der Waals surface area contributed by atoms with E-state index < -0.39 is 17.8 Å². The van der Waals surface area contributed by atoms with Crippen molar-refractivity contribution in [3.05, 3.63) is 88.4 Å². The lowest BCUT2D eigenvalue weighted by molar-refractivity contribution is -0.121. The Morgan fingerprint density at radius 2 is 1.29 bits per heavy atom. The van der Waals surface area contributed by atoms with Gasteiger partial charge in [-0.3, -0.25) is 9.59 Å². The first-order valence-corrected chi connectivity index (χ1v) is 11.9. The van der Waals surface area contributed by atoms with E-state index in [1.54, 1.807) is 72.8 Å². The number of nitrogens with zero attached hydrogens (tertiary/aromatic N) is 2. The van der Waals surface area contributed by atoms with Gasteiger partial charge in [-0.05, 0) is 77.8 Å². The summed E-state index contributed by atoms with van der Waals surface area (Å²) in [5.41, 5.74) is 1.11. The normalized spacial score (nSPS) is 13.8. The largest absolute Gasteiger partial charge is 0.490 e. The van der Waals surface area contributed by atoms with E-state index in [1.807, 2.05) is 13.8 Å². The number of imide groups is 2. The van der Waals surface area contributed by atoms with Crippen LogP contribution in [0.1, 0.15) is 19.4 Å². The van der Waals surface area contributed by atoms with Crippen molar-refractivity contribution < 1.29 is 23.9 Å². The van der Waals surface area contributed by atoms with Crippen LogP contribution in [-0.4, -0.2) is 31.1 Å².